The molecule has 41 heavy (non-hydrogen) atoms. The highest BCUT2D eigenvalue weighted by Gasteiger charge is 2.43. The van der Waals surface area contributed by atoms with Crippen molar-refractivity contribution >= 4 is 17.8 Å². The minimum absolute atomic E-state index is 0.0473. The van der Waals surface area contributed by atoms with Gasteiger partial charge in [0.2, 0.25) is 0 Å². The minimum Gasteiger partial charge on any atom is -0.497 e. The van der Waals surface area contributed by atoms with Gasteiger partial charge in [-0.05, 0) is 29.8 Å². The molecule has 2 aromatic rings. The average Bonchev–Trinajstić information content (AvgIpc) is 3.48. The van der Waals surface area contributed by atoms with Crippen LogP contribution in [-0.4, -0.2) is 89.8 Å². The number of methoxy groups -OCH3 is 1. The fourth-order valence-electron chi connectivity index (χ4n) is 4.04. The number of alkyl halides is 6. The van der Waals surface area contributed by atoms with Gasteiger partial charge in [0.1, 0.15) is 5.75 Å². The Morgan fingerprint density at radius 2 is 1.51 bits per heavy atom. The molecule has 3 atom stereocenters. The van der Waals surface area contributed by atoms with Crippen molar-refractivity contribution in [1.82, 2.24) is 15.2 Å². The molecule has 1 aromatic heterocycles. The fraction of sp³-hybridized carbons (Fsp3) is 0.440. The third-order valence-electron chi connectivity index (χ3n) is 6.03. The summed E-state index contributed by atoms with van der Waals surface area (Å²) in [6.07, 6.45) is -6.62. The molecule has 1 aromatic carbocycles. The predicted octanol–water partition coefficient (Wildman–Crippen LogP) is 3.23. The molecule has 0 saturated carbocycles. The molecule has 16 heteroatoms. The van der Waals surface area contributed by atoms with E-state index in [9.17, 15) is 31.1 Å². The number of nitrogens with one attached hydrogen (secondary N) is 1. The highest BCUT2D eigenvalue weighted by molar-refractivity contribution is 5.93. The number of carbonyl (C=O) groups is 3. The number of hydrogen-bond acceptors (Lipinski definition) is 7. The number of nitrogens with zero attached hydrogens (tertiary/aromatic N) is 2. The average molecular weight is 595 g/mol. The lowest BCUT2D eigenvalue weighted by molar-refractivity contribution is -0.193. The molecule has 0 aliphatic carbocycles. The van der Waals surface area contributed by atoms with Gasteiger partial charge in [0.05, 0.1) is 19.8 Å². The van der Waals surface area contributed by atoms with E-state index in [0.29, 0.717) is 23.9 Å². The van der Waals surface area contributed by atoms with Crippen LogP contribution in [0.5, 0.6) is 5.75 Å². The standard InChI is InChI=1S/C21H25N3O3.2C2HF3O2/c1-26-18-4-2-15(3-5-18)11-24-12-19-17(14-27-20(19)13-24)10-23-21(25)16-6-8-22-9-7-16;2*3-2(4,5)1(6)7/h2-9,17,19-20H,10-14H2,1H3,(H,23,25);2*(H,6,7)/t17-,19-,20-;;/m1../s1. The number of halogens is 6. The summed E-state index contributed by atoms with van der Waals surface area (Å²) in [4.78, 5) is 36.4. The number of fused-ring (bicyclic) bond motifs is 1. The second-order valence-electron chi connectivity index (χ2n) is 8.89. The number of amides is 1. The predicted molar refractivity (Wildman–Crippen MR) is 129 cm³/mol. The van der Waals surface area contributed by atoms with Crippen LogP contribution in [0.1, 0.15) is 15.9 Å². The third kappa shape index (κ3) is 10.9. The Hall–Kier alpha value is -3.92. The first kappa shape index (κ1) is 33.3. The van der Waals surface area contributed by atoms with Gasteiger partial charge in [-0.2, -0.15) is 26.3 Å². The largest absolute Gasteiger partial charge is 0.497 e. The van der Waals surface area contributed by atoms with E-state index in [1.807, 2.05) is 12.1 Å². The van der Waals surface area contributed by atoms with Gasteiger partial charge in [-0.3, -0.25) is 14.7 Å². The van der Waals surface area contributed by atoms with Gasteiger partial charge in [0.15, 0.2) is 0 Å². The first-order chi connectivity index (χ1) is 19.1. The van der Waals surface area contributed by atoms with Crippen molar-refractivity contribution < 1.29 is 60.4 Å². The normalized spacial score (nSPS) is 20.0. The maximum Gasteiger partial charge on any atom is 0.490 e. The molecule has 0 radical (unpaired) electrons. The highest BCUT2D eigenvalue weighted by atomic mass is 19.4. The Labute approximate surface area is 229 Å². The van der Waals surface area contributed by atoms with Crippen LogP contribution >= 0.6 is 0 Å². The van der Waals surface area contributed by atoms with Crippen molar-refractivity contribution in [1.29, 1.82) is 0 Å². The number of benzene rings is 1. The van der Waals surface area contributed by atoms with Crippen LogP contribution in [0.3, 0.4) is 0 Å². The summed E-state index contributed by atoms with van der Waals surface area (Å²) in [5.74, 6) is -3.85. The van der Waals surface area contributed by atoms with Crippen LogP contribution < -0.4 is 10.1 Å². The molecule has 3 heterocycles. The monoisotopic (exact) mass is 595 g/mol. The number of hydrogen-bond donors (Lipinski definition) is 3. The van der Waals surface area contributed by atoms with Gasteiger partial charge in [0.25, 0.3) is 5.91 Å². The summed E-state index contributed by atoms with van der Waals surface area (Å²) in [5.41, 5.74) is 1.92. The van der Waals surface area contributed by atoms with Crippen molar-refractivity contribution in [3.63, 3.8) is 0 Å². The van der Waals surface area contributed by atoms with Crippen LogP contribution in [-0.2, 0) is 20.9 Å². The molecule has 0 unspecified atom stereocenters. The van der Waals surface area contributed by atoms with E-state index in [0.717, 1.165) is 32.0 Å². The van der Waals surface area contributed by atoms with E-state index in [-0.39, 0.29) is 12.0 Å². The molecule has 2 saturated heterocycles. The van der Waals surface area contributed by atoms with E-state index in [1.165, 1.54) is 5.56 Å². The lowest BCUT2D eigenvalue weighted by atomic mass is 9.93. The van der Waals surface area contributed by atoms with E-state index in [2.05, 4.69) is 27.3 Å². The summed E-state index contributed by atoms with van der Waals surface area (Å²) in [6, 6.07) is 11.7. The Morgan fingerprint density at radius 3 is 2.00 bits per heavy atom. The van der Waals surface area contributed by atoms with E-state index >= 15 is 0 Å². The molecular weight excluding hydrogens is 568 g/mol. The molecular formula is C25H27F6N3O7. The maximum absolute atomic E-state index is 12.3. The molecule has 4 rings (SSSR count). The number of aromatic nitrogens is 1. The summed E-state index contributed by atoms with van der Waals surface area (Å²) in [6.45, 7) is 4.25. The van der Waals surface area contributed by atoms with Crippen LogP contribution in [0.4, 0.5) is 26.3 Å². The van der Waals surface area contributed by atoms with Crippen molar-refractivity contribution in [2.45, 2.75) is 25.0 Å². The number of rotatable bonds is 6. The second-order valence-corrected chi connectivity index (χ2v) is 8.89. The molecule has 1 amide bonds. The lowest BCUT2D eigenvalue weighted by Gasteiger charge is -2.20. The third-order valence-corrected chi connectivity index (χ3v) is 6.03. The van der Waals surface area contributed by atoms with Crippen LogP contribution in [0.25, 0.3) is 0 Å². The zero-order chi connectivity index (χ0) is 30.8. The molecule has 2 aliphatic heterocycles. The van der Waals surface area contributed by atoms with Crippen molar-refractivity contribution in [2.75, 3.05) is 33.4 Å². The quantitative estimate of drug-likeness (QED) is 0.430. The Kier molecular flexibility index (Phi) is 11.9. The molecule has 10 nitrogen and oxygen atoms in total. The van der Waals surface area contributed by atoms with E-state index in [4.69, 9.17) is 29.3 Å². The first-order valence-electron chi connectivity index (χ1n) is 11.9. The van der Waals surface area contributed by atoms with Gasteiger partial charge in [-0.15, -0.1) is 0 Å². The van der Waals surface area contributed by atoms with Gasteiger partial charge in [0, 0.05) is 56.0 Å². The van der Waals surface area contributed by atoms with Crippen LogP contribution in [0, 0.1) is 11.8 Å². The number of carbonyl (C=O) groups excluding carboxylic acids is 1. The second kappa shape index (κ2) is 14.6. The van der Waals surface area contributed by atoms with Gasteiger partial charge in [-0.1, -0.05) is 12.1 Å². The molecule has 0 bridgehead atoms. The maximum atomic E-state index is 12.3. The van der Waals surface area contributed by atoms with Gasteiger partial charge in [-0.25, -0.2) is 9.59 Å². The molecule has 3 N–H and O–H groups in total. The fourth-order valence-corrected chi connectivity index (χ4v) is 4.04. The zero-order valence-electron chi connectivity index (χ0n) is 21.5. The van der Waals surface area contributed by atoms with E-state index in [1.54, 1.807) is 31.6 Å². The number of likely N-dealkylation sites (tertiary alicyclic amines) is 1. The zero-order valence-corrected chi connectivity index (χ0v) is 21.5. The Morgan fingerprint density at radius 1 is 0.976 bits per heavy atom. The SMILES string of the molecule is COc1ccc(CN2C[C@@H]3[C@H](CNC(=O)c4ccncc4)CO[C@@H]3C2)cc1.O=C(O)C(F)(F)F.O=C(O)C(F)(F)F. The number of carboxylic acids is 2. The van der Waals surface area contributed by atoms with Crippen LogP contribution in [0.15, 0.2) is 48.8 Å². The number of aliphatic carboxylic acids is 2. The van der Waals surface area contributed by atoms with Crippen LogP contribution in [0.2, 0.25) is 0 Å². The smallest absolute Gasteiger partial charge is 0.490 e. The van der Waals surface area contributed by atoms with Crippen molar-refractivity contribution in [2.24, 2.45) is 11.8 Å². The highest BCUT2D eigenvalue weighted by Crippen LogP contribution is 2.34. The Balaban J connectivity index is 0.000000349. The van der Waals surface area contributed by atoms with Crippen molar-refractivity contribution in [3.8, 4) is 5.75 Å². The van der Waals surface area contributed by atoms with Gasteiger partial charge < -0.3 is 25.0 Å². The number of ether oxygens (including phenoxy) is 2. The van der Waals surface area contributed by atoms with E-state index < -0.39 is 24.3 Å². The molecule has 0 spiro atoms. The Bertz CT molecular complexity index is 1120. The summed E-state index contributed by atoms with van der Waals surface area (Å²) in [5, 5.41) is 17.3. The molecule has 226 valence electrons. The summed E-state index contributed by atoms with van der Waals surface area (Å²) in [7, 11) is 1.68. The molecule has 2 aliphatic rings. The lowest BCUT2D eigenvalue weighted by Crippen LogP contribution is -2.34. The summed E-state index contributed by atoms with van der Waals surface area (Å²) >= 11 is 0. The summed E-state index contributed by atoms with van der Waals surface area (Å²) < 4.78 is 74.7. The van der Waals surface area contributed by atoms with Gasteiger partial charge >= 0.3 is 24.3 Å². The topological polar surface area (TPSA) is 138 Å². The molecule has 2 fully saturated rings. The minimum atomic E-state index is -5.08. The number of carboxylic acid groups (broad SMARTS) is 2. The van der Waals surface area contributed by atoms with Crippen molar-refractivity contribution in [3.05, 3.63) is 59.9 Å². The first-order valence-corrected chi connectivity index (χ1v) is 11.9. The number of pyridine rings is 1.